The van der Waals surface area contributed by atoms with Crippen LogP contribution >= 0.6 is 15.9 Å². The fourth-order valence-corrected chi connectivity index (χ4v) is 3.51. The van der Waals surface area contributed by atoms with Gasteiger partial charge in [0.15, 0.2) is 5.82 Å². The highest BCUT2D eigenvalue weighted by Gasteiger charge is 2.34. The van der Waals surface area contributed by atoms with Gasteiger partial charge in [0, 0.05) is 17.6 Å². The summed E-state index contributed by atoms with van der Waals surface area (Å²) in [6.07, 6.45) is 3.40. The molecule has 1 amide bonds. The van der Waals surface area contributed by atoms with Crippen LogP contribution in [0.2, 0.25) is 0 Å². The first kappa shape index (κ1) is 17.1. The molecule has 0 radical (unpaired) electrons. The Labute approximate surface area is 149 Å². The van der Waals surface area contributed by atoms with Gasteiger partial charge in [0.2, 0.25) is 0 Å². The van der Waals surface area contributed by atoms with Crippen LogP contribution in [0.15, 0.2) is 29.0 Å². The molecule has 0 N–H and O–H groups in total. The summed E-state index contributed by atoms with van der Waals surface area (Å²) < 4.78 is 16.8. The van der Waals surface area contributed by atoms with Gasteiger partial charge in [-0.3, -0.25) is 4.79 Å². The van der Waals surface area contributed by atoms with Gasteiger partial charge in [-0.1, -0.05) is 29.8 Å². The Balaban J connectivity index is 1.90. The molecule has 1 aromatic heterocycles. The van der Waals surface area contributed by atoms with E-state index in [1.807, 2.05) is 4.57 Å². The minimum absolute atomic E-state index is 0.0891. The highest BCUT2D eigenvalue weighted by atomic mass is 79.9. The van der Waals surface area contributed by atoms with E-state index in [0.717, 1.165) is 25.2 Å². The van der Waals surface area contributed by atoms with Crippen LogP contribution < -0.4 is 0 Å². The second-order valence-electron chi connectivity index (χ2n) is 6.52. The van der Waals surface area contributed by atoms with Gasteiger partial charge in [-0.2, -0.15) is 0 Å². The van der Waals surface area contributed by atoms with Gasteiger partial charge in [-0.15, -0.1) is 10.2 Å². The molecular formula is C17H20BrFN4O. The fraction of sp³-hybridized carbons (Fsp3) is 0.471. The number of aromatic nitrogens is 3. The van der Waals surface area contributed by atoms with E-state index in [2.05, 4.69) is 40.0 Å². The third-order valence-corrected chi connectivity index (χ3v) is 4.67. The lowest BCUT2D eigenvalue weighted by molar-refractivity contribution is 0.0722. The molecule has 1 atom stereocenters. The topological polar surface area (TPSA) is 51.0 Å². The molecular weight excluding hydrogens is 375 g/mol. The summed E-state index contributed by atoms with van der Waals surface area (Å²) in [4.78, 5) is 14.6. The van der Waals surface area contributed by atoms with E-state index >= 15 is 0 Å². The molecule has 1 fully saturated rings. The zero-order valence-corrected chi connectivity index (χ0v) is 15.3. The summed E-state index contributed by atoms with van der Waals surface area (Å²) in [7, 11) is 0. The van der Waals surface area contributed by atoms with E-state index in [-0.39, 0.29) is 17.5 Å². The fourth-order valence-electron chi connectivity index (χ4n) is 3.15. The summed E-state index contributed by atoms with van der Waals surface area (Å²) in [5.41, 5.74) is 0.0891. The smallest absolute Gasteiger partial charge is 0.257 e. The molecule has 1 aliphatic rings. The Morgan fingerprint density at radius 2 is 2.25 bits per heavy atom. The Bertz CT molecular complexity index is 746. The first-order valence-corrected chi connectivity index (χ1v) is 8.90. The summed E-state index contributed by atoms with van der Waals surface area (Å²) in [5, 5.41) is 8.24. The molecule has 7 heteroatoms. The first-order valence-electron chi connectivity index (χ1n) is 8.11. The van der Waals surface area contributed by atoms with Crippen LogP contribution in [-0.4, -0.2) is 32.1 Å². The van der Waals surface area contributed by atoms with Gasteiger partial charge in [0.1, 0.15) is 12.1 Å². The summed E-state index contributed by atoms with van der Waals surface area (Å²) in [6, 6.07) is 4.28. The lowest BCUT2D eigenvalue weighted by Crippen LogP contribution is -2.32. The number of carbonyl (C=O) groups is 1. The number of likely N-dealkylation sites (tertiary alicyclic amines) is 1. The van der Waals surface area contributed by atoms with Gasteiger partial charge < -0.3 is 9.47 Å². The van der Waals surface area contributed by atoms with Crippen LogP contribution in [0.5, 0.6) is 0 Å². The van der Waals surface area contributed by atoms with Crippen molar-refractivity contribution >= 4 is 21.8 Å². The van der Waals surface area contributed by atoms with Gasteiger partial charge >= 0.3 is 0 Å². The van der Waals surface area contributed by atoms with E-state index in [1.165, 1.54) is 12.1 Å². The third-order valence-electron chi connectivity index (χ3n) is 4.18. The molecule has 1 saturated heterocycles. The molecule has 1 unspecified atom stereocenters. The molecule has 1 aliphatic heterocycles. The average Bonchev–Trinajstić information content (AvgIpc) is 3.17. The minimum atomic E-state index is -0.502. The second kappa shape index (κ2) is 7.01. The van der Waals surface area contributed by atoms with Gasteiger partial charge in [-0.05, 0) is 37.0 Å². The standard InChI is InChI=1S/C17H20BrFN4O/c1-11(2)9-22-10-20-21-16(22)15-4-3-7-23(15)17(24)13-8-12(18)5-6-14(13)19/h5-6,8,10-11,15H,3-4,7,9H2,1-2H3. The highest BCUT2D eigenvalue weighted by Crippen LogP contribution is 2.33. The van der Waals surface area contributed by atoms with Crippen LogP contribution in [0.1, 0.15) is 48.9 Å². The molecule has 128 valence electrons. The maximum atomic E-state index is 14.1. The van der Waals surface area contributed by atoms with Crippen molar-refractivity contribution in [3.8, 4) is 0 Å². The predicted molar refractivity (Wildman–Crippen MR) is 92.0 cm³/mol. The monoisotopic (exact) mass is 394 g/mol. The molecule has 0 aliphatic carbocycles. The first-order chi connectivity index (χ1) is 11.5. The Hall–Kier alpha value is -1.76. The highest BCUT2D eigenvalue weighted by molar-refractivity contribution is 9.10. The van der Waals surface area contributed by atoms with Gasteiger partial charge in [0.05, 0.1) is 11.6 Å². The molecule has 5 nitrogen and oxygen atoms in total. The van der Waals surface area contributed by atoms with E-state index in [1.54, 1.807) is 17.3 Å². The summed E-state index contributed by atoms with van der Waals surface area (Å²) in [5.74, 6) is 0.436. The molecule has 0 bridgehead atoms. The lowest BCUT2D eigenvalue weighted by atomic mass is 10.1. The SMILES string of the molecule is CC(C)Cn1cnnc1C1CCCN1C(=O)c1cc(Br)ccc1F. The maximum Gasteiger partial charge on any atom is 0.257 e. The van der Waals surface area contributed by atoms with Crippen LogP contribution in [0.25, 0.3) is 0 Å². The number of hydrogen-bond acceptors (Lipinski definition) is 3. The van der Waals surface area contributed by atoms with Gasteiger partial charge in [-0.25, -0.2) is 4.39 Å². The Kier molecular flexibility index (Phi) is 4.99. The number of amides is 1. The maximum absolute atomic E-state index is 14.1. The van der Waals surface area contributed by atoms with Crippen LogP contribution in [0.3, 0.4) is 0 Å². The van der Waals surface area contributed by atoms with Gasteiger partial charge in [0.25, 0.3) is 5.91 Å². The number of benzene rings is 1. The third kappa shape index (κ3) is 3.36. The van der Waals surface area contributed by atoms with Crippen LogP contribution in [-0.2, 0) is 6.54 Å². The predicted octanol–water partition coefficient (Wildman–Crippen LogP) is 3.81. The number of halogens is 2. The minimum Gasteiger partial charge on any atom is -0.328 e. The number of rotatable bonds is 4. The van der Waals surface area contributed by atoms with E-state index in [9.17, 15) is 9.18 Å². The molecule has 2 heterocycles. The van der Waals surface area contributed by atoms with Crippen molar-refractivity contribution in [2.75, 3.05) is 6.54 Å². The number of nitrogens with zero attached hydrogens (tertiary/aromatic N) is 4. The summed E-state index contributed by atoms with van der Waals surface area (Å²) >= 11 is 3.30. The van der Waals surface area contributed by atoms with E-state index in [0.29, 0.717) is 16.9 Å². The number of hydrogen-bond donors (Lipinski definition) is 0. The van der Waals surface area contributed by atoms with Crippen molar-refractivity contribution in [3.63, 3.8) is 0 Å². The van der Waals surface area contributed by atoms with Crippen molar-refractivity contribution < 1.29 is 9.18 Å². The zero-order chi connectivity index (χ0) is 17.3. The van der Waals surface area contributed by atoms with Crippen molar-refractivity contribution in [2.45, 2.75) is 39.3 Å². The molecule has 2 aromatic rings. The molecule has 0 saturated carbocycles. The van der Waals surface area contributed by atoms with Crippen molar-refractivity contribution in [1.29, 1.82) is 0 Å². The largest absolute Gasteiger partial charge is 0.328 e. The van der Waals surface area contributed by atoms with Crippen LogP contribution in [0.4, 0.5) is 4.39 Å². The molecule has 0 spiro atoms. The van der Waals surface area contributed by atoms with Crippen LogP contribution in [0, 0.1) is 11.7 Å². The van der Waals surface area contributed by atoms with E-state index < -0.39 is 5.82 Å². The van der Waals surface area contributed by atoms with Crippen molar-refractivity contribution in [3.05, 3.63) is 46.2 Å². The van der Waals surface area contributed by atoms with E-state index in [4.69, 9.17) is 0 Å². The number of carbonyl (C=O) groups excluding carboxylic acids is 1. The molecule has 24 heavy (non-hydrogen) atoms. The quantitative estimate of drug-likeness (QED) is 0.791. The Morgan fingerprint density at radius 3 is 3.00 bits per heavy atom. The van der Waals surface area contributed by atoms with Crippen molar-refractivity contribution in [1.82, 2.24) is 19.7 Å². The zero-order valence-electron chi connectivity index (χ0n) is 13.7. The summed E-state index contributed by atoms with van der Waals surface area (Å²) in [6.45, 7) is 5.65. The van der Waals surface area contributed by atoms with Crippen molar-refractivity contribution in [2.24, 2.45) is 5.92 Å². The average molecular weight is 395 g/mol. The normalized spacial score (nSPS) is 17.7. The molecule has 1 aromatic carbocycles. The second-order valence-corrected chi connectivity index (χ2v) is 7.43. The molecule has 3 rings (SSSR count). The lowest BCUT2D eigenvalue weighted by Gasteiger charge is -2.25. The Morgan fingerprint density at radius 1 is 1.46 bits per heavy atom.